The lowest BCUT2D eigenvalue weighted by atomic mass is 10.1. The molecular formula is C20H15NO4. The molecule has 25 heavy (non-hydrogen) atoms. The van der Waals surface area contributed by atoms with E-state index in [1.165, 1.54) is 0 Å². The molecular weight excluding hydrogens is 318 g/mol. The quantitative estimate of drug-likeness (QED) is 0.638. The number of carbonyl (C=O) groups is 1. The van der Waals surface area contributed by atoms with E-state index in [0.717, 1.165) is 16.9 Å². The van der Waals surface area contributed by atoms with E-state index in [1.807, 2.05) is 48.5 Å². The van der Waals surface area contributed by atoms with E-state index in [1.54, 1.807) is 19.3 Å². The number of methoxy groups -OCH3 is 1. The standard InChI is InChI=1S/C20H15NO4/c1-23-16-7-4-6-15(11-16)19-21-17(20(22)25-19)10-13-9-14-5-2-3-8-18(14)24-12-13/h2-11H,12H2,1H3/b17-10+. The molecule has 2 aromatic carbocycles. The number of ether oxygens (including phenoxy) is 3. The number of nitrogens with zero attached hydrogens (tertiary/aromatic N) is 1. The molecule has 0 unspecified atom stereocenters. The summed E-state index contributed by atoms with van der Waals surface area (Å²) in [6, 6.07) is 15.0. The third kappa shape index (κ3) is 3.04. The second-order valence-electron chi connectivity index (χ2n) is 5.61. The molecule has 124 valence electrons. The predicted octanol–water partition coefficient (Wildman–Crippen LogP) is 3.36. The fourth-order valence-corrected chi connectivity index (χ4v) is 2.68. The summed E-state index contributed by atoms with van der Waals surface area (Å²) in [5.74, 6) is 1.30. The molecule has 0 radical (unpaired) electrons. The van der Waals surface area contributed by atoms with Crippen molar-refractivity contribution in [3.63, 3.8) is 0 Å². The lowest BCUT2D eigenvalue weighted by molar-refractivity contribution is -0.130. The number of benzene rings is 2. The molecule has 2 aliphatic heterocycles. The van der Waals surface area contributed by atoms with E-state index < -0.39 is 5.97 Å². The molecule has 5 nitrogen and oxygen atoms in total. The van der Waals surface area contributed by atoms with E-state index in [-0.39, 0.29) is 11.6 Å². The Morgan fingerprint density at radius 1 is 1.16 bits per heavy atom. The minimum atomic E-state index is -0.474. The first-order valence-electron chi connectivity index (χ1n) is 7.82. The van der Waals surface area contributed by atoms with Gasteiger partial charge in [-0.25, -0.2) is 9.79 Å². The van der Waals surface area contributed by atoms with E-state index >= 15 is 0 Å². The number of hydrogen-bond acceptors (Lipinski definition) is 5. The Kier molecular flexibility index (Phi) is 3.82. The van der Waals surface area contributed by atoms with Crippen LogP contribution in [0.25, 0.3) is 6.08 Å². The number of cyclic esters (lactones) is 1. The number of esters is 1. The van der Waals surface area contributed by atoms with Crippen LogP contribution in [0.3, 0.4) is 0 Å². The average Bonchev–Trinajstić information content (AvgIpc) is 3.02. The van der Waals surface area contributed by atoms with Crippen LogP contribution in [0.1, 0.15) is 11.1 Å². The predicted molar refractivity (Wildman–Crippen MR) is 93.6 cm³/mol. The van der Waals surface area contributed by atoms with Crippen molar-refractivity contribution in [2.75, 3.05) is 13.7 Å². The second kappa shape index (κ2) is 6.28. The molecule has 0 spiro atoms. The molecule has 0 saturated heterocycles. The van der Waals surface area contributed by atoms with Gasteiger partial charge in [0.25, 0.3) is 0 Å². The van der Waals surface area contributed by atoms with Gasteiger partial charge in [0.2, 0.25) is 5.90 Å². The molecule has 0 saturated carbocycles. The molecule has 0 aromatic heterocycles. The summed E-state index contributed by atoms with van der Waals surface area (Å²) in [7, 11) is 1.58. The SMILES string of the molecule is COc1cccc(C2=N/C(=C/C3=Cc4ccccc4OC3)C(=O)O2)c1. The number of para-hydroxylation sites is 1. The third-order valence-corrected chi connectivity index (χ3v) is 3.91. The summed E-state index contributed by atoms with van der Waals surface area (Å²) in [6.45, 7) is 0.387. The van der Waals surface area contributed by atoms with Crippen LogP contribution in [-0.2, 0) is 9.53 Å². The molecule has 0 amide bonds. The van der Waals surface area contributed by atoms with Crippen LogP contribution < -0.4 is 9.47 Å². The highest BCUT2D eigenvalue weighted by Gasteiger charge is 2.25. The Morgan fingerprint density at radius 3 is 2.92 bits per heavy atom. The number of hydrogen-bond donors (Lipinski definition) is 0. The van der Waals surface area contributed by atoms with E-state index in [9.17, 15) is 4.79 Å². The van der Waals surface area contributed by atoms with Gasteiger partial charge in [0, 0.05) is 11.1 Å². The molecule has 2 aliphatic rings. The van der Waals surface area contributed by atoms with Gasteiger partial charge in [0.05, 0.1) is 7.11 Å². The normalized spacial score (nSPS) is 17.3. The summed E-state index contributed by atoms with van der Waals surface area (Å²) in [5.41, 5.74) is 2.78. The Morgan fingerprint density at radius 2 is 2.04 bits per heavy atom. The summed E-state index contributed by atoms with van der Waals surface area (Å²) in [6.07, 6.45) is 3.68. The highest BCUT2D eigenvalue weighted by Crippen LogP contribution is 2.28. The minimum absolute atomic E-state index is 0.257. The lowest BCUT2D eigenvalue weighted by Crippen LogP contribution is -2.08. The minimum Gasteiger partial charge on any atom is -0.497 e. The van der Waals surface area contributed by atoms with Gasteiger partial charge in [-0.05, 0) is 42.0 Å². The fraction of sp³-hybridized carbons (Fsp3) is 0.100. The lowest BCUT2D eigenvalue weighted by Gasteiger charge is -2.15. The third-order valence-electron chi connectivity index (χ3n) is 3.91. The Bertz CT molecular complexity index is 940. The number of rotatable bonds is 3. The van der Waals surface area contributed by atoms with Crippen molar-refractivity contribution in [2.45, 2.75) is 0 Å². The first-order valence-corrected chi connectivity index (χ1v) is 7.82. The zero-order valence-electron chi connectivity index (χ0n) is 13.6. The van der Waals surface area contributed by atoms with Gasteiger partial charge in [-0.15, -0.1) is 0 Å². The van der Waals surface area contributed by atoms with Crippen molar-refractivity contribution in [3.05, 3.63) is 77.0 Å². The van der Waals surface area contributed by atoms with Crippen molar-refractivity contribution in [2.24, 2.45) is 4.99 Å². The zero-order valence-corrected chi connectivity index (χ0v) is 13.6. The van der Waals surface area contributed by atoms with Crippen molar-refractivity contribution >= 4 is 17.9 Å². The first kappa shape index (κ1) is 15.2. The van der Waals surface area contributed by atoms with Crippen molar-refractivity contribution in [3.8, 4) is 11.5 Å². The van der Waals surface area contributed by atoms with E-state index in [4.69, 9.17) is 14.2 Å². The van der Waals surface area contributed by atoms with Gasteiger partial charge in [0.1, 0.15) is 18.1 Å². The summed E-state index contributed by atoms with van der Waals surface area (Å²) < 4.78 is 16.2. The zero-order chi connectivity index (χ0) is 17.2. The highest BCUT2D eigenvalue weighted by atomic mass is 16.6. The van der Waals surface area contributed by atoms with Crippen molar-refractivity contribution in [1.29, 1.82) is 0 Å². The monoisotopic (exact) mass is 333 g/mol. The maximum absolute atomic E-state index is 12.1. The molecule has 0 N–H and O–H groups in total. The maximum Gasteiger partial charge on any atom is 0.363 e. The first-order chi connectivity index (χ1) is 12.2. The number of aliphatic imine (C=N–C) groups is 1. The second-order valence-corrected chi connectivity index (χ2v) is 5.61. The molecule has 0 atom stereocenters. The molecule has 2 heterocycles. The molecule has 0 bridgehead atoms. The van der Waals surface area contributed by atoms with Crippen molar-refractivity contribution in [1.82, 2.24) is 0 Å². The summed E-state index contributed by atoms with van der Waals surface area (Å²) in [5, 5.41) is 0. The maximum atomic E-state index is 12.1. The Balaban J connectivity index is 1.64. The smallest absolute Gasteiger partial charge is 0.363 e. The van der Waals surface area contributed by atoms with Crippen LogP contribution in [0, 0.1) is 0 Å². The van der Waals surface area contributed by atoms with Crippen molar-refractivity contribution < 1.29 is 19.0 Å². The number of carbonyl (C=O) groups excluding carboxylic acids is 1. The van der Waals surface area contributed by atoms with Crippen LogP contribution in [0.5, 0.6) is 11.5 Å². The van der Waals surface area contributed by atoms with Crippen LogP contribution >= 0.6 is 0 Å². The van der Waals surface area contributed by atoms with Gasteiger partial charge in [-0.3, -0.25) is 0 Å². The number of fused-ring (bicyclic) bond motifs is 1. The topological polar surface area (TPSA) is 57.1 Å². The van der Waals surface area contributed by atoms with Gasteiger partial charge >= 0.3 is 5.97 Å². The van der Waals surface area contributed by atoms with Crippen LogP contribution in [0.4, 0.5) is 0 Å². The van der Waals surface area contributed by atoms with Gasteiger partial charge in [-0.1, -0.05) is 24.3 Å². The van der Waals surface area contributed by atoms with Crippen LogP contribution in [0.2, 0.25) is 0 Å². The van der Waals surface area contributed by atoms with Crippen LogP contribution in [0.15, 0.2) is 70.9 Å². The van der Waals surface area contributed by atoms with Gasteiger partial charge in [-0.2, -0.15) is 0 Å². The van der Waals surface area contributed by atoms with Crippen LogP contribution in [-0.4, -0.2) is 25.6 Å². The molecule has 5 heteroatoms. The Labute approximate surface area is 144 Å². The summed E-state index contributed by atoms with van der Waals surface area (Å²) in [4.78, 5) is 16.4. The van der Waals surface area contributed by atoms with E-state index in [0.29, 0.717) is 17.9 Å². The van der Waals surface area contributed by atoms with Gasteiger partial charge < -0.3 is 14.2 Å². The average molecular weight is 333 g/mol. The Hall–Kier alpha value is -3.34. The summed E-state index contributed by atoms with van der Waals surface area (Å²) >= 11 is 0. The highest BCUT2D eigenvalue weighted by molar-refractivity contribution is 6.11. The fourth-order valence-electron chi connectivity index (χ4n) is 2.68. The largest absolute Gasteiger partial charge is 0.497 e. The molecule has 4 rings (SSSR count). The van der Waals surface area contributed by atoms with E-state index in [2.05, 4.69) is 4.99 Å². The van der Waals surface area contributed by atoms with Gasteiger partial charge in [0.15, 0.2) is 5.70 Å². The molecule has 2 aromatic rings. The molecule has 0 aliphatic carbocycles. The molecule has 0 fully saturated rings.